The van der Waals surface area contributed by atoms with Gasteiger partial charge in [0.1, 0.15) is 35.0 Å². The van der Waals surface area contributed by atoms with Crippen molar-refractivity contribution in [2.24, 2.45) is 23.0 Å². The van der Waals surface area contributed by atoms with E-state index in [1.54, 1.807) is 33.2 Å². The van der Waals surface area contributed by atoms with Crippen molar-refractivity contribution in [1.82, 2.24) is 9.55 Å². The van der Waals surface area contributed by atoms with E-state index in [-0.39, 0.29) is 11.4 Å². The fourth-order valence-corrected chi connectivity index (χ4v) is 4.85. The zero-order valence-corrected chi connectivity index (χ0v) is 28.9. The highest BCUT2D eigenvalue weighted by atomic mass is 31.0. The molecule has 0 spiro atoms. The van der Waals surface area contributed by atoms with E-state index >= 15 is 8.78 Å². The summed E-state index contributed by atoms with van der Waals surface area (Å²) in [5.41, 5.74) is -1.59. The summed E-state index contributed by atoms with van der Waals surface area (Å²) in [5, 5.41) is 0. The maximum atomic E-state index is 15.2. The highest BCUT2D eigenvalue weighted by Crippen LogP contribution is 2.38. The molecule has 250 valence electrons. The van der Waals surface area contributed by atoms with Crippen LogP contribution in [0.4, 0.5) is 17.6 Å². The first-order valence-electron chi connectivity index (χ1n) is 15.6. The smallest absolute Gasteiger partial charge is 0.301 e. The summed E-state index contributed by atoms with van der Waals surface area (Å²) in [6.45, 7) is 9.53. The third-order valence-electron chi connectivity index (χ3n) is 7.40. The van der Waals surface area contributed by atoms with Crippen molar-refractivity contribution < 1.29 is 27.0 Å². The molecule has 1 aliphatic carbocycles. The summed E-state index contributed by atoms with van der Waals surface area (Å²) in [7, 11) is 4.41. The Morgan fingerprint density at radius 3 is 2.35 bits per heavy atom. The number of aromatic nitrogens is 2. The van der Waals surface area contributed by atoms with Crippen LogP contribution < -0.4 is 0 Å². The molecule has 0 N–H and O–H groups in total. The number of benzene rings is 1. The highest BCUT2D eigenvalue weighted by molar-refractivity contribution is 7.17. The fraction of sp³-hybridized carbons (Fsp3) is 0.457. The summed E-state index contributed by atoms with van der Waals surface area (Å²) in [6, 6.07) is 2.25. The number of halogens is 4. The second-order valence-electron chi connectivity index (χ2n) is 11.3. The standard InChI is InChI=1S/C35H45F4N4O2P/c1-8-10-12-17-41-33(25-14-15-25)31(24(5)44-7)29(13-11-9-2)40-18-16-22(3)45-23(4)26-19-27(36)32(28(37)20-26)34-42-30(21-43(34)6)35(38,39)46/h12-13,16-21,23,25H,8-11,14-15,46H2,1-7H3/b17-12+,22-16+,29-13+,31-24+,40-18+,41-33+. The van der Waals surface area contributed by atoms with E-state index in [9.17, 15) is 8.78 Å². The van der Waals surface area contributed by atoms with Crippen LogP contribution in [0, 0.1) is 17.6 Å². The molecule has 11 heteroatoms. The Balaban J connectivity index is 1.85. The molecule has 1 heterocycles. The third-order valence-corrected chi connectivity index (χ3v) is 7.69. The van der Waals surface area contributed by atoms with Crippen LogP contribution in [0.1, 0.15) is 90.5 Å². The van der Waals surface area contributed by atoms with E-state index in [2.05, 4.69) is 31.0 Å². The van der Waals surface area contributed by atoms with Crippen molar-refractivity contribution in [1.29, 1.82) is 0 Å². The molecule has 1 saturated carbocycles. The van der Waals surface area contributed by atoms with Crippen molar-refractivity contribution in [3.8, 4) is 11.4 Å². The van der Waals surface area contributed by atoms with Gasteiger partial charge in [0.15, 0.2) is 0 Å². The van der Waals surface area contributed by atoms with E-state index in [1.807, 2.05) is 13.1 Å². The molecule has 0 saturated heterocycles. The van der Waals surface area contributed by atoms with Gasteiger partial charge in [0.2, 0.25) is 0 Å². The van der Waals surface area contributed by atoms with Gasteiger partial charge in [-0.25, -0.2) is 13.8 Å². The molecule has 1 aromatic heterocycles. The Labute approximate surface area is 272 Å². The van der Waals surface area contributed by atoms with Crippen LogP contribution >= 0.6 is 9.24 Å². The molecule has 0 aliphatic heterocycles. The second-order valence-corrected chi connectivity index (χ2v) is 12.1. The molecule has 2 atom stereocenters. The van der Waals surface area contributed by atoms with Gasteiger partial charge in [-0.3, -0.25) is 9.98 Å². The van der Waals surface area contributed by atoms with Gasteiger partial charge in [-0.15, -0.1) is 0 Å². The number of aryl methyl sites for hydroxylation is 1. The number of methoxy groups -OCH3 is 1. The lowest BCUT2D eigenvalue weighted by Crippen LogP contribution is -2.11. The summed E-state index contributed by atoms with van der Waals surface area (Å²) in [5.74, 6) is -0.549. The molecule has 6 nitrogen and oxygen atoms in total. The van der Waals surface area contributed by atoms with Gasteiger partial charge in [-0.2, -0.15) is 8.78 Å². The molecule has 46 heavy (non-hydrogen) atoms. The molecule has 0 bridgehead atoms. The van der Waals surface area contributed by atoms with Crippen molar-refractivity contribution in [2.75, 3.05) is 7.11 Å². The van der Waals surface area contributed by atoms with Crippen molar-refractivity contribution in [3.63, 3.8) is 0 Å². The fourth-order valence-electron chi connectivity index (χ4n) is 4.71. The number of unbranched alkanes of at least 4 members (excludes halogenated alkanes) is 2. The van der Waals surface area contributed by atoms with Crippen LogP contribution in [0.5, 0.6) is 0 Å². The minimum absolute atomic E-state index is 0.236. The maximum absolute atomic E-state index is 15.2. The van der Waals surface area contributed by atoms with Crippen LogP contribution in [0.15, 0.2) is 75.5 Å². The minimum Gasteiger partial charge on any atom is -0.501 e. The lowest BCUT2D eigenvalue weighted by Gasteiger charge is -2.17. The first-order chi connectivity index (χ1) is 21.8. The van der Waals surface area contributed by atoms with Gasteiger partial charge >= 0.3 is 5.66 Å². The first-order valence-corrected chi connectivity index (χ1v) is 16.2. The number of imidazole rings is 1. The monoisotopic (exact) mass is 660 g/mol. The van der Waals surface area contributed by atoms with Crippen molar-refractivity contribution >= 4 is 21.2 Å². The number of hydrogen-bond acceptors (Lipinski definition) is 5. The van der Waals surface area contributed by atoms with Gasteiger partial charge in [0.05, 0.1) is 35.4 Å². The number of alkyl halides is 2. The summed E-state index contributed by atoms with van der Waals surface area (Å²) >= 11 is 0. The predicted octanol–water partition coefficient (Wildman–Crippen LogP) is 10.1. The molecular weight excluding hydrogens is 615 g/mol. The Kier molecular flexibility index (Phi) is 13.5. The second kappa shape index (κ2) is 16.9. The number of rotatable bonds is 16. The molecule has 0 radical (unpaired) electrons. The molecule has 2 aromatic rings. The van der Waals surface area contributed by atoms with E-state index < -0.39 is 34.7 Å². The largest absolute Gasteiger partial charge is 0.501 e. The molecule has 1 aromatic carbocycles. The molecule has 1 fully saturated rings. The van der Waals surface area contributed by atoms with E-state index in [1.165, 1.54) is 20.9 Å². The lowest BCUT2D eigenvalue weighted by molar-refractivity contribution is 0.0991. The number of nitrogens with zero attached hydrogens (tertiary/aromatic N) is 4. The quantitative estimate of drug-likeness (QED) is 0.0592. The van der Waals surface area contributed by atoms with Gasteiger partial charge in [-0.05, 0) is 70.2 Å². The number of aliphatic imine (C=N–C) groups is 2. The molecule has 3 rings (SSSR count). The van der Waals surface area contributed by atoms with Gasteiger partial charge in [-0.1, -0.05) is 48.1 Å². The summed E-state index contributed by atoms with van der Waals surface area (Å²) < 4.78 is 70.6. The van der Waals surface area contributed by atoms with E-state index in [0.717, 1.165) is 79.6 Å². The normalized spacial score (nSPS) is 16.4. The number of hydrogen-bond donors (Lipinski definition) is 0. The Morgan fingerprint density at radius 1 is 1.15 bits per heavy atom. The van der Waals surface area contributed by atoms with Crippen molar-refractivity contribution in [2.45, 2.75) is 84.9 Å². The number of ether oxygens (including phenoxy) is 2. The van der Waals surface area contributed by atoms with Crippen LogP contribution in [-0.4, -0.2) is 28.6 Å². The van der Waals surface area contributed by atoms with Crippen LogP contribution in [0.2, 0.25) is 0 Å². The van der Waals surface area contributed by atoms with E-state index in [0.29, 0.717) is 11.7 Å². The topological polar surface area (TPSA) is 61.0 Å². The van der Waals surface area contributed by atoms with Gasteiger partial charge in [0, 0.05) is 31.6 Å². The van der Waals surface area contributed by atoms with E-state index in [4.69, 9.17) is 19.5 Å². The number of allylic oxidation sites excluding steroid dienone is 6. The zero-order valence-electron chi connectivity index (χ0n) is 27.7. The molecule has 2 unspecified atom stereocenters. The minimum atomic E-state index is -3.33. The average Bonchev–Trinajstić information content (AvgIpc) is 3.76. The summed E-state index contributed by atoms with van der Waals surface area (Å²) in [4.78, 5) is 13.4. The summed E-state index contributed by atoms with van der Waals surface area (Å²) in [6.07, 6.45) is 15.5. The third kappa shape index (κ3) is 9.99. The predicted molar refractivity (Wildman–Crippen MR) is 181 cm³/mol. The molecule has 0 amide bonds. The maximum Gasteiger partial charge on any atom is 0.301 e. The van der Waals surface area contributed by atoms with Crippen LogP contribution in [-0.2, 0) is 22.2 Å². The molecular formula is C35H45F4N4O2P. The Bertz CT molecular complexity index is 1520. The zero-order chi connectivity index (χ0) is 34.0. The first kappa shape index (κ1) is 36.9. The Morgan fingerprint density at radius 2 is 1.80 bits per heavy atom. The van der Waals surface area contributed by atoms with Crippen LogP contribution in [0.25, 0.3) is 11.4 Å². The van der Waals surface area contributed by atoms with Crippen molar-refractivity contribution in [3.05, 3.63) is 88.4 Å². The SMILES string of the molecule is CCC/C=C/N=C(C(/C(=C\CCC)/N=C/C=C(\C)OC(C)c1cc(F)c(-c2nc(C(F)(F)P)cn2C)c(F)c1)=C(\C)OC)\C1CC1. The highest BCUT2D eigenvalue weighted by Gasteiger charge is 2.33. The Hall–Kier alpha value is -3.52. The van der Waals surface area contributed by atoms with Gasteiger partial charge in [0.25, 0.3) is 0 Å². The van der Waals surface area contributed by atoms with Crippen LogP contribution in [0.3, 0.4) is 0 Å². The lowest BCUT2D eigenvalue weighted by atomic mass is 10.0. The molecule has 1 aliphatic rings. The average molecular weight is 661 g/mol. The van der Waals surface area contributed by atoms with Gasteiger partial charge < -0.3 is 14.0 Å².